The Bertz CT molecular complexity index is 1150. The van der Waals surface area contributed by atoms with Crippen LogP contribution in [0.3, 0.4) is 0 Å². The molecule has 0 aliphatic rings. The van der Waals surface area contributed by atoms with E-state index in [1.807, 2.05) is 0 Å². The number of halogens is 5. The Morgan fingerprint density at radius 1 is 1.15 bits per heavy atom. The fourth-order valence-corrected chi connectivity index (χ4v) is 3.20. The number of hydrogen-bond acceptors (Lipinski definition) is 3. The maximum absolute atomic E-state index is 14.4. The lowest BCUT2D eigenvalue weighted by Crippen LogP contribution is -2.20. The molecule has 9 heteroatoms. The zero-order chi connectivity index (χ0) is 19.9. The van der Waals surface area contributed by atoms with Crippen molar-refractivity contribution in [2.24, 2.45) is 0 Å². The second-order valence-electron chi connectivity index (χ2n) is 5.43. The first-order chi connectivity index (χ1) is 12.8. The van der Waals surface area contributed by atoms with Crippen molar-refractivity contribution in [3.8, 4) is 5.69 Å². The molecule has 0 unspecified atom stereocenters. The first kappa shape index (κ1) is 19.3. The predicted molar refractivity (Wildman–Crippen MR) is 95.4 cm³/mol. The van der Waals surface area contributed by atoms with Gasteiger partial charge in [-0.3, -0.25) is 4.79 Å². The van der Waals surface area contributed by atoms with Crippen LogP contribution in [0.15, 0.2) is 35.1 Å². The van der Waals surface area contributed by atoms with Crippen LogP contribution < -0.4 is 5.43 Å². The molecular weight excluding hydrogens is 406 g/mol. The van der Waals surface area contributed by atoms with Crippen molar-refractivity contribution in [2.75, 3.05) is 6.61 Å². The summed E-state index contributed by atoms with van der Waals surface area (Å²) in [6.07, 6.45) is 0. The van der Waals surface area contributed by atoms with Gasteiger partial charge in [-0.25, -0.2) is 18.0 Å². The first-order valence-electron chi connectivity index (χ1n) is 7.62. The zero-order valence-electron chi connectivity index (χ0n) is 13.7. The van der Waals surface area contributed by atoms with E-state index in [4.69, 9.17) is 27.9 Å². The maximum Gasteiger partial charge on any atom is 0.355 e. The summed E-state index contributed by atoms with van der Waals surface area (Å²) in [5.74, 6) is -3.83. The van der Waals surface area contributed by atoms with Gasteiger partial charge in [-0.05, 0) is 25.1 Å². The molecule has 140 valence electrons. The van der Waals surface area contributed by atoms with Gasteiger partial charge < -0.3 is 9.30 Å². The normalized spacial score (nSPS) is 11.0. The van der Waals surface area contributed by atoms with Crippen molar-refractivity contribution >= 4 is 40.1 Å². The molecule has 0 saturated carbocycles. The Balaban J connectivity index is 2.54. The molecule has 0 spiro atoms. The summed E-state index contributed by atoms with van der Waals surface area (Å²) in [4.78, 5) is 24.8. The summed E-state index contributed by atoms with van der Waals surface area (Å²) >= 11 is 11.7. The Kier molecular flexibility index (Phi) is 5.17. The van der Waals surface area contributed by atoms with Crippen molar-refractivity contribution in [1.29, 1.82) is 0 Å². The Morgan fingerprint density at radius 3 is 2.48 bits per heavy atom. The molecule has 0 fully saturated rings. The topological polar surface area (TPSA) is 48.3 Å². The van der Waals surface area contributed by atoms with Crippen LogP contribution in [-0.4, -0.2) is 17.1 Å². The van der Waals surface area contributed by atoms with Gasteiger partial charge in [0.05, 0.1) is 33.2 Å². The monoisotopic (exact) mass is 415 g/mol. The summed E-state index contributed by atoms with van der Waals surface area (Å²) in [6.45, 7) is 1.53. The van der Waals surface area contributed by atoms with Gasteiger partial charge in [0, 0.05) is 12.1 Å². The number of hydrogen-bond donors (Lipinski definition) is 0. The van der Waals surface area contributed by atoms with E-state index in [9.17, 15) is 22.8 Å². The molecule has 27 heavy (non-hydrogen) atoms. The number of esters is 1. The minimum atomic E-state index is -1.03. The van der Waals surface area contributed by atoms with Gasteiger partial charge in [0.1, 0.15) is 17.3 Å². The average molecular weight is 416 g/mol. The predicted octanol–water partition coefficient (Wildman–Crippen LogP) is 4.89. The summed E-state index contributed by atoms with van der Waals surface area (Å²) < 4.78 is 47.7. The minimum absolute atomic E-state index is 0.0120. The molecule has 1 aromatic heterocycles. The number of pyridine rings is 1. The Hall–Kier alpha value is -2.51. The van der Waals surface area contributed by atoms with Crippen LogP contribution in [0.4, 0.5) is 13.2 Å². The van der Waals surface area contributed by atoms with E-state index in [0.717, 1.165) is 28.8 Å². The molecule has 3 rings (SSSR count). The molecule has 0 saturated heterocycles. The molecule has 0 radical (unpaired) electrons. The lowest BCUT2D eigenvalue weighted by molar-refractivity contribution is 0.0516. The number of rotatable bonds is 3. The van der Waals surface area contributed by atoms with Crippen LogP contribution >= 0.6 is 23.2 Å². The Morgan fingerprint density at radius 2 is 1.85 bits per heavy atom. The highest BCUT2D eigenvalue weighted by Gasteiger charge is 2.23. The van der Waals surface area contributed by atoms with Gasteiger partial charge in [-0.1, -0.05) is 23.2 Å². The SMILES string of the molecule is CCOC(=O)c1cc(=O)c2c(Cl)c(F)c(Cl)cc2n1-c1ccc(F)cc1F. The van der Waals surface area contributed by atoms with Gasteiger partial charge in [0.15, 0.2) is 11.2 Å². The second-order valence-corrected chi connectivity index (χ2v) is 6.21. The fraction of sp³-hybridized carbons (Fsp3) is 0.111. The van der Waals surface area contributed by atoms with Crippen molar-refractivity contribution in [3.63, 3.8) is 0 Å². The average Bonchev–Trinajstić information content (AvgIpc) is 2.60. The number of carbonyl (C=O) groups is 1. The van der Waals surface area contributed by atoms with Gasteiger partial charge in [-0.2, -0.15) is 0 Å². The largest absolute Gasteiger partial charge is 0.461 e. The molecule has 0 aliphatic carbocycles. The molecular formula is C18H10Cl2F3NO3. The van der Waals surface area contributed by atoms with Gasteiger partial charge in [-0.15, -0.1) is 0 Å². The number of ether oxygens (including phenoxy) is 1. The fourth-order valence-electron chi connectivity index (χ4n) is 2.66. The minimum Gasteiger partial charge on any atom is -0.461 e. The zero-order valence-corrected chi connectivity index (χ0v) is 15.2. The van der Waals surface area contributed by atoms with E-state index < -0.39 is 38.9 Å². The van der Waals surface area contributed by atoms with Crippen molar-refractivity contribution in [3.05, 3.63) is 73.7 Å². The van der Waals surface area contributed by atoms with Gasteiger partial charge >= 0.3 is 5.97 Å². The van der Waals surface area contributed by atoms with Crippen LogP contribution in [0.25, 0.3) is 16.6 Å². The van der Waals surface area contributed by atoms with Gasteiger partial charge in [0.2, 0.25) is 0 Å². The summed E-state index contributed by atoms with van der Waals surface area (Å²) in [7, 11) is 0. The number of fused-ring (bicyclic) bond motifs is 1. The van der Waals surface area contributed by atoms with E-state index in [-0.39, 0.29) is 28.9 Å². The lowest BCUT2D eigenvalue weighted by atomic mass is 10.1. The van der Waals surface area contributed by atoms with Gasteiger partial charge in [0.25, 0.3) is 0 Å². The number of benzene rings is 2. The lowest BCUT2D eigenvalue weighted by Gasteiger charge is -2.18. The molecule has 1 heterocycles. The second kappa shape index (κ2) is 7.25. The summed E-state index contributed by atoms with van der Waals surface area (Å²) in [5.41, 5.74) is -1.54. The van der Waals surface area contributed by atoms with E-state index in [1.54, 1.807) is 6.92 Å². The van der Waals surface area contributed by atoms with E-state index in [0.29, 0.717) is 6.07 Å². The molecule has 3 aromatic rings. The third-order valence-electron chi connectivity index (χ3n) is 3.77. The van der Waals surface area contributed by atoms with Crippen LogP contribution in [0.5, 0.6) is 0 Å². The standard InChI is InChI=1S/C18H10Cl2F3NO3/c1-2-27-18(26)13-7-14(25)15-12(6-9(19)17(23)16(15)20)24(13)11-4-3-8(21)5-10(11)22/h3-7H,2H2,1H3. The van der Waals surface area contributed by atoms with Crippen molar-refractivity contribution in [2.45, 2.75) is 6.92 Å². The van der Waals surface area contributed by atoms with E-state index >= 15 is 0 Å². The highest BCUT2D eigenvalue weighted by Crippen LogP contribution is 2.32. The van der Waals surface area contributed by atoms with Crippen LogP contribution in [0.1, 0.15) is 17.4 Å². The third-order valence-corrected chi connectivity index (χ3v) is 4.40. The first-order valence-corrected chi connectivity index (χ1v) is 8.37. The molecule has 0 amide bonds. The molecule has 0 aliphatic heterocycles. The smallest absolute Gasteiger partial charge is 0.355 e. The quantitative estimate of drug-likeness (QED) is 0.451. The maximum atomic E-state index is 14.4. The van der Waals surface area contributed by atoms with Crippen molar-refractivity contribution in [1.82, 2.24) is 4.57 Å². The van der Waals surface area contributed by atoms with Crippen LogP contribution in [-0.2, 0) is 4.74 Å². The van der Waals surface area contributed by atoms with Crippen LogP contribution in [0, 0.1) is 17.5 Å². The highest BCUT2D eigenvalue weighted by molar-refractivity contribution is 6.38. The molecule has 4 nitrogen and oxygen atoms in total. The van der Waals surface area contributed by atoms with E-state index in [2.05, 4.69) is 0 Å². The Labute approximate surface area is 160 Å². The highest BCUT2D eigenvalue weighted by atomic mass is 35.5. The molecule has 2 aromatic carbocycles. The molecule has 0 bridgehead atoms. The number of nitrogens with zero attached hydrogens (tertiary/aromatic N) is 1. The molecule has 0 atom stereocenters. The summed E-state index contributed by atoms with van der Waals surface area (Å²) in [5, 5.41) is -1.33. The number of aromatic nitrogens is 1. The van der Waals surface area contributed by atoms with Crippen LogP contribution in [0.2, 0.25) is 10.0 Å². The number of carbonyl (C=O) groups excluding carboxylic acids is 1. The molecule has 0 N–H and O–H groups in total. The van der Waals surface area contributed by atoms with Crippen molar-refractivity contribution < 1.29 is 22.7 Å². The summed E-state index contributed by atoms with van der Waals surface area (Å²) in [6, 6.07) is 4.50. The van der Waals surface area contributed by atoms with E-state index in [1.165, 1.54) is 0 Å². The third kappa shape index (κ3) is 3.28.